The largest absolute Gasteiger partial charge is 0.481 e. The van der Waals surface area contributed by atoms with Crippen LogP contribution in [0.1, 0.15) is 83.5 Å². The predicted octanol–water partition coefficient (Wildman–Crippen LogP) is 5.26. The molecule has 1 aliphatic heterocycles. The number of aliphatic hydroxyl groups is 1. The predicted molar refractivity (Wildman–Crippen MR) is 159 cm³/mol. The lowest BCUT2D eigenvalue weighted by Gasteiger charge is -2.36. The van der Waals surface area contributed by atoms with Gasteiger partial charge >= 0.3 is 11.9 Å². The maximum Gasteiger partial charge on any atom is 0.338 e. The van der Waals surface area contributed by atoms with Crippen molar-refractivity contribution in [1.29, 1.82) is 0 Å². The number of pyridine rings is 1. The molecule has 2 heterocycles. The number of nitrogens with zero attached hydrogens (tertiary/aromatic N) is 1. The van der Waals surface area contributed by atoms with Crippen molar-refractivity contribution in [2.24, 2.45) is 0 Å². The summed E-state index contributed by atoms with van der Waals surface area (Å²) in [6.07, 6.45) is 3.30. The third-order valence-corrected chi connectivity index (χ3v) is 8.20. The van der Waals surface area contributed by atoms with Gasteiger partial charge in [0.25, 0.3) is 0 Å². The molecule has 228 valence electrons. The second kappa shape index (κ2) is 16.2. The Hall–Kier alpha value is -3.77. The van der Waals surface area contributed by atoms with Gasteiger partial charge < -0.3 is 30.1 Å². The molecule has 0 spiro atoms. The first kappa shape index (κ1) is 32.2. The number of aromatic nitrogens is 1. The van der Waals surface area contributed by atoms with E-state index in [0.717, 1.165) is 22.3 Å². The van der Waals surface area contributed by atoms with Gasteiger partial charge in [0, 0.05) is 43.3 Å². The number of aliphatic hydroxyl groups excluding tert-OH is 1. The monoisotopic (exact) mass is 608 g/mol. The molecule has 4 N–H and O–H groups in total. The number of unbranched alkanes of at least 4 members (excludes halogenated alkanes) is 2. The number of hydrogen-bond donors (Lipinski definition) is 4. The number of carbonyl (C=O) groups is 3. The number of benzene rings is 2. The number of aliphatic carboxylic acids is 1. The summed E-state index contributed by atoms with van der Waals surface area (Å²) in [4.78, 5) is 38.7. The number of thioether (sulfide) groups is 1. The fourth-order valence-electron chi connectivity index (χ4n) is 4.68. The van der Waals surface area contributed by atoms with Gasteiger partial charge in [0.15, 0.2) is 6.29 Å². The van der Waals surface area contributed by atoms with Crippen molar-refractivity contribution >= 4 is 29.6 Å². The second-order valence-electron chi connectivity index (χ2n) is 10.3. The highest BCUT2D eigenvalue weighted by Crippen LogP contribution is 2.39. The molecule has 43 heavy (non-hydrogen) atoms. The number of nitrogens with one attached hydrogen (secondary N) is 1. The van der Waals surface area contributed by atoms with E-state index in [1.807, 2.05) is 48.5 Å². The van der Waals surface area contributed by atoms with Crippen molar-refractivity contribution < 1.29 is 39.2 Å². The Morgan fingerprint density at radius 1 is 0.884 bits per heavy atom. The van der Waals surface area contributed by atoms with E-state index in [2.05, 4.69) is 10.3 Å². The highest BCUT2D eigenvalue weighted by molar-refractivity contribution is 7.99. The molecular formula is C32H36N2O8S. The van der Waals surface area contributed by atoms with Crippen molar-refractivity contribution in [3.8, 4) is 0 Å². The topological polar surface area (TPSA) is 155 Å². The molecule has 0 radical (unpaired) electrons. The minimum absolute atomic E-state index is 0.0492. The average molecular weight is 609 g/mol. The molecule has 0 aliphatic carbocycles. The quantitative estimate of drug-likeness (QED) is 0.133. The van der Waals surface area contributed by atoms with Gasteiger partial charge in [-0.1, -0.05) is 55.0 Å². The summed E-state index contributed by atoms with van der Waals surface area (Å²) in [7, 11) is 0. The van der Waals surface area contributed by atoms with Crippen LogP contribution < -0.4 is 5.32 Å². The zero-order valence-electron chi connectivity index (χ0n) is 23.7. The van der Waals surface area contributed by atoms with E-state index in [1.54, 1.807) is 12.3 Å². The van der Waals surface area contributed by atoms with Crippen molar-refractivity contribution in [1.82, 2.24) is 10.3 Å². The Bertz CT molecular complexity index is 1370. The number of carboxylic acid groups (broad SMARTS) is 2. The summed E-state index contributed by atoms with van der Waals surface area (Å²) < 4.78 is 12.7. The van der Waals surface area contributed by atoms with Crippen molar-refractivity contribution in [3.63, 3.8) is 0 Å². The first-order valence-corrected chi connectivity index (χ1v) is 15.2. The Kier molecular flexibility index (Phi) is 12.1. The van der Waals surface area contributed by atoms with Gasteiger partial charge in [0.2, 0.25) is 5.91 Å². The van der Waals surface area contributed by atoms with Crippen LogP contribution in [-0.4, -0.2) is 50.0 Å². The lowest BCUT2D eigenvalue weighted by Crippen LogP contribution is -2.31. The van der Waals surface area contributed by atoms with E-state index < -0.39 is 18.2 Å². The smallest absolute Gasteiger partial charge is 0.338 e. The number of aromatic carboxylic acids is 1. The lowest BCUT2D eigenvalue weighted by atomic mass is 10.0. The van der Waals surface area contributed by atoms with Gasteiger partial charge in [0.05, 0.1) is 24.4 Å². The third-order valence-electron chi connectivity index (χ3n) is 7.06. The summed E-state index contributed by atoms with van der Waals surface area (Å²) in [5, 5.41) is 31.0. The van der Waals surface area contributed by atoms with E-state index in [9.17, 15) is 24.6 Å². The van der Waals surface area contributed by atoms with Crippen LogP contribution >= 0.6 is 11.8 Å². The Labute approximate surface area is 254 Å². The zero-order valence-corrected chi connectivity index (χ0v) is 24.5. The molecule has 1 saturated heterocycles. The Balaban J connectivity index is 1.39. The third kappa shape index (κ3) is 9.89. The average Bonchev–Trinajstić information content (AvgIpc) is 3.02. The fourth-order valence-corrected chi connectivity index (χ4v) is 5.69. The van der Waals surface area contributed by atoms with Gasteiger partial charge in [0.1, 0.15) is 5.03 Å². The van der Waals surface area contributed by atoms with Crippen molar-refractivity contribution in [3.05, 3.63) is 94.7 Å². The van der Waals surface area contributed by atoms with Gasteiger partial charge in [-0.2, -0.15) is 0 Å². The van der Waals surface area contributed by atoms with E-state index in [4.69, 9.17) is 14.6 Å². The standard InChI is InChI=1S/C32H36N2O8S/c35-19-22-10-12-23(13-11-22)27-17-25(20-43-30-26(31(39)40)5-4-16-33-30)41-32(42-27)24-14-8-21(9-15-24)18-34-28(36)6-2-1-3-7-29(37)38/h4-5,8-16,25,27,32,35H,1-3,6-7,17-20H2,(H,34,36)(H,37,38)(H,39,40)/t25-,27+,32+/m0/s1. The molecule has 1 aliphatic rings. The summed E-state index contributed by atoms with van der Waals surface area (Å²) in [6.45, 7) is 0.322. The molecule has 4 rings (SSSR count). The molecule has 3 aromatic rings. The molecule has 3 atom stereocenters. The van der Waals surface area contributed by atoms with Crippen LogP contribution in [0.5, 0.6) is 0 Å². The minimum Gasteiger partial charge on any atom is -0.481 e. The van der Waals surface area contributed by atoms with E-state index in [1.165, 1.54) is 17.8 Å². The molecule has 2 aromatic carbocycles. The fraction of sp³-hybridized carbons (Fsp3) is 0.375. The van der Waals surface area contributed by atoms with Gasteiger partial charge in [-0.25, -0.2) is 9.78 Å². The number of rotatable bonds is 15. The minimum atomic E-state index is -1.03. The highest BCUT2D eigenvalue weighted by atomic mass is 32.2. The van der Waals surface area contributed by atoms with Crippen molar-refractivity contribution in [2.75, 3.05) is 5.75 Å². The number of carbonyl (C=O) groups excluding carboxylic acids is 1. The van der Waals surface area contributed by atoms with E-state index in [-0.39, 0.29) is 36.7 Å². The summed E-state index contributed by atoms with van der Waals surface area (Å²) >= 11 is 1.33. The molecular weight excluding hydrogens is 572 g/mol. The first-order valence-electron chi connectivity index (χ1n) is 14.2. The molecule has 0 unspecified atom stereocenters. The number of ether oxygens (including phenoxy) is 2. The van der Waals surface area contributed by atoms with Crippen molar-refractivity contribution in [2.45, 2.75) is 75.2 Å². The van der Waals surface area contributed by atoms with Crippen LogP contribution in [0.25, 0.3) is 0 Å². The Morgan fingerprint density at radius 3 is 2.28 bits per heavy atom. The molecule has 1 aromatic heterocycles. The van der Waals surface area contributed by atoms with E-state index in [0.29, 0.717) is 49.4 Å². The van der Waals surface area contributed by atoms with Crippen LogP contribution in [0.15, 0.2) is 71.9 Å². The van der Waals surface area contributed by atoms with Crippen LogP contribution in [-0.2, 0) is 32.2 Å². The molecule has 10 nitrogen and oxygen atoms in total. The number of hydrogen-bond acceptors (Lipinski definition) is 8. The molecule has 11 heteroatoms. The van der Waals surface area contributed by atoms with Crippen LogP contribution in [0.2, 0.25) is 0 Å². The zero-order chi connectivity index (χ0) is 30.6. The van der Waals surface area contributed by atoms with Gasteiger partial charge in [-0.15, -0.1) is 11.8 Å². The maximum absolute atomic E-state index is 12.2. The van der Waals surface area contributed by atoms with Crippen LogP contribution in [0.4, 0.5) is 0 Å². The highest BCUT2D eigenvalue weighted by Gasteiger charge is 2.32. The SMILES string of the molecule is O=C(O)CCCCCC(=O)NCc1ccc([C@@H]2O[C@H](CSc3ncccc3C(=O)O)C[C@H](c3ccc(CO)cc3)O2)cc1. The summed E-state index contributed by atoms with van der Waals surface area (Å²) in [5.74, 6) is -1.46. The number of amides is 1. The maximum atomic E-state index is 12.2. The first-order chi connectivity index (χ1) is 20.8. The second-order valence-corrected chi connectivity index (χ2v) is 11.3. The molecule has 0 bridgehead atoms. The van der Waals surface area contributed by atoms with Crippen LogP contribution in [0.3, 0.4) is 0 Å². The Morgan fingerprint density at radius 2 is 1.58 bits per heavy atom. The van der Waals surface area contributed by atoms with Crippen LogP contribution in [0, 0.1) is 0 Å². The normalized spacial score (nSPS) is 18.2. The van der Waals surface area contributed by atoms with Gasteiger partial charge in [-0.05, 0) is 41.7 Å². The lowest BCUT2D eigenvalue weighted by molar-refractivity contribution is -0.245. The molecule has 1 fully saturated rings. The summed E-state index contributed by atoms with van der Waals surface area (Å²) in [5.41, 5.74) is 3.62. The summed E-state index contributed by atoms with van der Waals surface area (Å²) in [6, 6.07) is 18.3. The molecule has 0 saturated carbocycles. The van der Waals surface area contributed by atoms with Gasteiger partial charge in [-0.3, -0.25) is 9.59 Å². The molecule has 1 amide bonds. The number of carboxylic acids is 2. The van der Waals surface area contributed by atoms with E-state index >= 15 is 0 Å².